The first-order valence-electron chi connectivity index (χ1n) is 9.17. The molecular formula is C22H22N2O3S. The van der Waals surface area contributed by atoms with Gasteiger partial charge in [0.2, 0.25) is 5.82 Å². The molecule has 5 nitrogen and oxygen atoms in total. The molecule has 28 heavy (non-hydrogen) atoms. The summed E-state index contributed by atoms with van der Waals surface area (Å²) in [5.74, 6) is 2.49. The summed E-state index contributed by atoms with van der Waals surface area (Å²) in [6.07, 6.45) is 0. The zero-order valence-corrected chi connectivity index (χ0v) is 16.7. The van der Waals surface area contributed by atoms with E-state index in [0.29, 0.717) is 28.8 Å². The summed E-state index contributed by atoms with van der Waals surface area (Å²) in [5, 5.41) is 25.2. The van der Waals surface area contributed by atoms with E-state index in [2.05, 4.69) is 41.5 Å². The second-order valence-corrected chi connectivity index (χ2v) is 7.94. The van der Waals surface area contributed by atoms with Crippen LogP contribution in [-0.4, -0.2) is 26.1 Å². The Morgan fingerprint density at radius 1 is 1.04 bits per heavy atom. The van der Waals surface area contributed by atoms with Crippen molar-refractivity contribution in [3.8, 4) is 22.8 Å². The van der Waals surface area contributed by atoms with Gasteiger partial charge in [0.15, 0.2) is 0 Å². The number of aliphatic hydroxyl groups excluding tert-OH is 2. The average Bonchev–Trinajstić information content (AvgIpc) is 3.37. The Morgan fingerprint density at radius 2 is 1.82 bits per heavy atom. The van der Waals surface area contributed by atoms with Crippen LogP contribution in [0.15, 0.2) is 51.9 Å². The molecule has 2 heterocycles. The van der Waals surface area contributed by atoms with Crippen LogP contribution in [0.5, 0.6) is 0 Å². The van der Waals surface area contributed by atoms with Crippen molar-refractivity contribution >= 4 is 11.8 Å². The maximum absolute atomic E-state index is 9.49. The van der Waals surface area contributed by atoms with E-state index >= 15 is 0 Å². The molecular weight excluding hydrogens is 372 g/mol. The minimum Gasteiger partial charge on any atom is -0.392 e. The predicted molar refractivity (Wildman–Crippen MR) is 111 cm³/mol. The number of hydrogen-bond donors (Lipinski definition) is 2. The molecule has 1 unspecified atom stereocenters. The largest absolute Gasteiger partial charge is 0.392 e. The second-order valence-electron chi connectivity index (χ2n) is 7.04. The summed E-state index contributed by atoms with van der Waals surface area (Å²) in [6, 6.07) is 11.6. The van der Waals surface area contributed by atoms with E-state index in [4.69, 9.17) is 4.52 Å². The summed E-state index contributed by atoms with van der Waals surface area (Å²) >= 11 is 1.86. The monoisotopic (exact) mass is 394 g/mol. The van der Waals surface area contributed by atoms with Crippen molar-refractivity contribution in [3.05, 3.63) is 69.6 Å². The maximum atomic E-state index is 9.49. The zero-order valence-electron chi connectivity index (χ0n) is 15.8. The third-order valence-electron chi connectivity index (χ3n) is 5.21. The zero-order chi connectivity index (χ0) is 19.7. The number of hydrogen-bond acceptors (Lipinski definition) is 6. The topological polar surface area (TPSA) is 79.4 Å². The van der Waals surface area contributed by atoms with Gasteiger partial charge >= 0.3 is 0 Å². The van der Waals surface area contributed by atoms with Gasteiger partial charge in [0.1, 0.15) is 0 Å². The molecule has 144 valence electrons. The quantitative estimate of drug-likeness (QED) is 0.666. The number of allylic oxidation sites excluding steroid dienone is 1. The Bertz CT molecular complexity index is 1040. The number of nitrogens with zero attached hydrogens (tertiary/aromatic N) is 2. The molecule has 0 aliphatic carbocycles. The molecule has 0 spiro atoms. The lowest BCUT2D eigenvalue weighted by Crippen LogP contribution is -2.02. The van der Waals surface area contributed by atoms with Crippen LogP contribution in [-0.2, 0) is 13.2 Å². The Labute approximate surface area is 168 Å². The molecule has 1 aliphatic heterocycles. The minimum atomic E-state index is -0.150. The molecule has 4 rings (SSSR count). The van der Waals surface area contributed by atoms with Crippen molar-refractivity contribution < 1.29 is 14.7 Å². The lowest BCUT2D eigenvalue weighted by atomic mass is 9.90. The maximum Gasteiger partial charge on any atom is 0.258 e. The van der Waals surface area contributed by atoms with Crippen LogP contribution < -0.4 is 0 Å². The van der Waals surface area contributed by atoms with Crippen LogP contribution >= 0.6 is 11.8 Å². The van der Waals surface area contributed by atoms with Crippen molar-refractivity contribution in [1.82, 2.24) is 10.1 Å². The summed E-state index contributed by atoms with van der Waals surface area (Å²) in [7, 11) is 0. The van der Waals surface area contributed by atoms with Gasteiger partial charge in [-0.05, 0) is 59.7 Å². The smallest absolute Gasteiger partial charge is 0.258 e. The van der Waals surface area contributed by atoms with Gasteiger partial charge in [-0.15, -0.1) is 11.8 Å². The molecule has 1 aliphatic rings. The molecule has 0 bridgehead atoms. The van der Waals surface area contributed by atoms with Crippen molar-refractivity contribution in [3.63, 3.8) is 0 Å². The Morgan fingerprint density at radius 3 is 2.50 bits per heavy atom. The Balaban J connectivity index is 1.63. The van der Waals surface area contributed by atoms with E-state index in [-0.39, 0.29) is 13.2 Å². The number of benzene rings is 2. The fraction of sp³-hybridized carbons (Fsp3) is 0.273. The molecule has 0 saturated carbocycles. The van der Waals surface area contributed by atoms with Gasteiger partial charge in [0, 0.05) is 22.8 Å². The Kier molecular flexibility index (Phi) is 5.35. The second kappa shape index (κ2) is 7.91. The third kappa shape index (κ3) is 3.51. The molecule has 0 radical (unpaired) electrons. The van der Waals surface area contributed by atoms with Gasteiger partial charge in [-0.3, -0.25) is 0 Å². The van der Waals surface area contributed by atoms with E-state index in [9.17, 15) is 10.2 Å². The molecule has 2 aromatic carbocycles. The van der Waals surface area contributed by atoms with Gasteiger partial charge in [0.25, 0.3) is 5.89 Å². The number of aliphatic hydroxyl groups is 2. The first kappa shape index (κ1) is 18.9. The van der Waals surface area contributed by atoms with E-state index < -0.39 is 0 Å². The van der Waals surface area contributed by atoms with Crippen molar-refractivity contribution in [2.45, 2.75) is 33.0 Å². The summed E-state index contributed by atoms with van der Waals surface area (Å²) in [6.45, 7) is 4.04. The fourth-order valence-electron chi connectivity index (χ4n) is 3.55. The molecule has 0 fully saturated rings. The first-order valence-corrected chi connectivity index (χ1v) is 10.2. The molecule has 1 aromatic heterocycles. The lowest BCUT2D eigenvalue weighted by Gasteiger charge is -2.15. The normalized spacial score (nSPS) is 16.4. The van der Waals surface area contributed by atoms with Gasteiger partial charge in [-0.2, -0.15) is 4.98 Å². The van der Waals surface area contributed by atoms with Crippen LogP contribution in [0.1, 0.15) is 35.1 Å². The van der Waals surface area contributed by atoms with Gasteiger partial charge < -0.3 is 14.7 Å². The SMILES string of the molecule is CC1=CSCC1c1ccc(-c2nc(-c3ccc(CO)c(CO)c3)no2)cc1C. The highest BCUT2D eigenvalue weighted by atomic mass is 32.2. The van der Waals surface area contributed by atoms with E-state index in [1.165, 1.54) is 16.7 Å². The van der Waals surface area contributed by atoms with Crippen molar-refractivity contribution in [2.24, 2.45) is 0 Å². The van der Waals surface area contributed by atoms with Crippen molar-refractivity contribution in [1.29, 1.82) is 0 Å². The summed E-state index contributed by atoms with van der Waals surface area (Å²) < 4.78 is 5.49. The molecule has 1 atom stereocenters. The van der Waals surface area contributed by atoms with E-state index in [1.807, 2.05) is 23.9 Å². The molecule has 2 N–H and O–H groups in total. The number of thioether (sulfide) groups is 1. The number of aryl methyl sites for hydroxylation is 1. The van der Waals surface area contributed by atoms with Crippen LogP contribution in [0.4, 0.5) is 0 Å². The summed E-state index contributed by atoms with van der Waals surface area (Å²) in [5.41, 5.74) is 6.95. The lowest BCUT2D eigenvalue weighted by molar-refractivity contribution is 0.260. The average molecular weight is 394 g/mol. The van der Waals surface area contributed by atoms with E-state index in [0.717, 1.165) is 16.9 Å². The third-order valence-corrected chi connectivity index (χ3v) is 6.27. The molecule has 3 aromatic rings. The molecule has 0 saturated heterocycles. The first-order chi connectivity index (χ1) is 13.6. The van der Waals surface area contributed by atoms with Crippen LogP contribution in [0.25, 0.3) is 22.8 Å². The highest BCUT2D eigenvalue weighted by Crippen LogP contribution is 2.38. The Hall–Kier alpha value is -2.41. The predicted octanol–water partition coefficient (Wildman–Crippen LogP) is 4.43. The fourth-order valence-corrected chi connectivity index (χ4v) is 4.71. The highest BCUT2D eigenvalue weighted by Gasteiger charge is 2.21. The summed E-state index contributed by atoms with van der Waals surface area (Å²) in [4.78, 5) is 4.53. The van der Waals surface area contributed by atoms with Crippen LogP contribution in [0, 0.1) is 6.92 Å². The number of rotatable bonds is 5. The molecule has 6 heteroatoms. The van der Waals surface area contributed by atoms with Crippen LogP contribution in [0.2, 0.25) is 0 Å². The molecule has 0 amide bonds. The van der Waals surface area contributed by atoms with E-state index in [1.54, 1.807) is 12.1 Å². The van der Waals surface area contributed by atoms with Crippen LogP contribution in [0.3, 0.4) is 0 Å². The highest BCUT2D eigenvalue weighted by molar-refractivity contribution is 8.02. The van der Waals surface area contributed by atoms with Gasteiger partial charge in [-0.1, -0.05) is 28.9 Å². The number of aromatic nitrogens is 2. The standard InChI is InChI=1S/C22H22N2O3S/c1-13-7-16(5-6-19(13)20-12-28-11-14(20)2)22-23-21(24-27-22)15-3-4-17(9-25)18(8-15)10-26/h3-8,11,20,25-26H,9-10,12H2,1-2H3. The van der Waals surface area contributed by atoms with Gasteiger partial charge in [-0.25, -0.2) is 0 Å². The van der Waals surface area contributed by atoms with Gasteiger partial charge in [0.05, 0.1) is 13.2 Å². The minimum absolute atomic E-state index is 0.118. The van der Waals surface area contributed by atoms with Crippen molar-refractivity contribution in [2.75, 3.05) is 5.75 Å².